The summed E-state index contributed by atoms with van der Waals surface area (Å²) in [4.78, 5) is 0. The van der Waals surface area contributed by atoms with E-state index in [-0.39, 0.29) is 0 Å². The van der Waals surface area contributed by atoms with Crippen LogP contribution in [0, 0.1) is 17.2 Å². The number of nitriles is 1. The highest BCUT2D eigenvalue weighted by molar-refractivity contribution is 5.82. The molecule has 0 radical (unpaired) electrons. The number of fused-ring (bicyclic) bond motifs is 3. The normalized spacial score (nSPS) is 13.4. The van der Waals surface area contributed by atoms with Crippen molar-refractivity contribution < 1.29 is 0 Å². The van der Waals surface area contributed by atoms with Crippen molar-refractivity contribution in [1.29, 1.82) is 5.26 Å². The van der Waals surface area contributed by atoms with Crippen LogP contribution in [0.1, 0.15) is 57.6 Å². The van der Waals surface area contributed by atoms with Gasteiger partial charge in [-0.1, -0.05) is 88.6 Å². The lowest BCUT2D eigenvalue weighted by Crippen LogP contribution is -2.23. The van der Waals surface area contributed by atoms with Gasteiger partial charge >= 0.3 is 0 Å². The molecule has 0 aromatic heterocycles. The van der Waals surface area contributed by atoms with Crippen molar-refractivity contribution in [3.63, 3.8) is 0 Å². The molecule has 2 heteroatoms. The van der Waals surface area contributed by atoms with Gasteiger partial charge in [-0.3, -0.25) is 0 Å². The third-order valence-electron chi connectivity index (χ3n) is 4.84. The standard InChI is InChI=1S/C21H23N.C2H7N/c1-16(2)9-7-8-14-21(15-22)19-12-5-3-10-17(19)18-11-4-6-13-20(18)21;1-2-3/h3-6,10-13,16H,7-9,14H2,1-2H3;2-3H2,1H3. The van der Waals surface area contributed by atoms with E-state index in [2.05, 4.69) is 68.4 Å². The SMILES string of the molecule is CC(C)CCCCC1(C#N)c2ccccc2-c2ccccc21.CCN. The van der Waals surface area contributed by atoms with Crippen LogP contribution in [0.25, 0.3) is 11.1 Å². The maximum absolute atomic E-state index is 10.1. The Hall–Kier alpha value is -2.11. The Morgan fingerprint density at radius 1 is 0.960 bits per heavy atom. The summed E-state index contributed by atoms with van der Waals surface area (Å²) < 4.78 is 0. The molecular weight excluding hydrogens is 304 g/mol. The zero-order chi connectivity index (χ0) is 18.3. The number of unbranched alkanes of at least 4 members (excludes halogenated alkanes) is 1. The Balaban J connectivity index is 0.000000701. The van der Waals surface area contributed by atoms with Gasteiger partial charge in [0.05, 0.1) is 6.07 Å². The third-order valence-corrected chi connectivity index (χ3v) is 4.84. The molecule has 1 aliphatic carbocycles. The van der Waals surface area contributed by atoms with Crippen molar-refractivity contribution in [3.8, 4) is 17.2 Å². The molecule has 0 unspecified atom stereocenters. The molecule has 2 N–H and O–H groups in total. The first-order valence-corrected chi connectivity index (χ1v) is 9.41. The quantitative estimate of drug-likeness (QED) is 0.717. The molecule has 2 aromatic rings. The monoisotopic (exact) mass is 334 g/mol. The molecule has 132 valence electrons. The zero-order valence-electron chi connectivity index (χ0n) is 15.8. The highest BCUT2D eigenvalue weighted by atomic mass is 14.5. The molecule has 1 aliphatic rings. The fourth-order valence-electron chi connectivity index (χ4n) is 3.71. The molecule has 0 spiro atoms. The van der Waals surface area contributed by atoms with Crippen molar-refractivity contribution in [2.75, 3.05) is 6.54 Å². The van der Waals surface area contributed by atoms with E-state index < -0.39 is 5.41 Å². The predicted molar refractivity (Wildman–Crippen MR) is 106 cm³/mol. The number of nitrogens with zero attached hydrogens (tertiary/aromatic N) is 1. The molecule has 25 heavy (non-hydrogen) atoms. The lowest BCUT2D eigenvalue weighted by Gasteiger charge is -2.24. The van der Waals surface area contributed by atoms with Crippen molar-refractivity contribution >= 4 is 0 Å². The molecule has 0 heterocycles. The Morgan fingerprint density at radius 2 is 1.44 bits per heavy atom. The van der Waals surface area contributed by atoms with Crippen LogP contribution in [0.15, 0.2) is 48.5 Å². The minimum Gasteiger partial charge on any atom is -0.331 e. The molecule has 0 aliphatic heterocycles. The van der Waals surface area contributed by atoms with Gasteiger partial charge in [-0.2, -0.15) is 5.26 Å². The second-order valence-corrected chi connectivity index (χ2v) is 7.16. The second-order valence-electron chi connectivity index (χ2n) is 7.16. The summed E-state index contributed by atoms with van der Waals surface area (Å²) in [6.07, 6.45) is 4.47. The maximum Gasteiger partial charge on any atom is 0.108 e. The molecule has 2 nitrogen and oxygen atoms in total. The Bertz CT molecular complexity index is 679. The van der Waals surface area contributed by atoms with Crippen LogP contribution >= 0.6 is 0 Å². The molecule has 0 atom stereocenters. The lowest BCUT2D eigenvalue weighted by molar-refractivity contribution is 0.490. The Labute approximate surface area is 152 Å². The topological polar surface area (TPSA) is 49.8 Å². The minimum absolute atomic E-state index is 0.454. The third kappa shape index (κ3) is 3.94. The van der Waals surface area contributed by atoms with Gasteiger partial charge in [0, 0.05) is 0 Å². The molecule has 0 saturated carbocycles. The summed E-state index contributed by atoms with van der Waals surface area (Å²) in [5.41, 5.74) is 9.27. The van der Waals surface area contributed by atoms with Gasteiger partial charge < -0.3 is 5.73 Å². The smallest absolute Gasteiger partial charge is 0.108 e. The summed E-state index contributed by atoms with van der Waals surface area (Å²) in [7, 11) is 0. The van der Waals surface area contributed by atoms with Crippen LogP contribution in [0.4, 0.5) is 0 Å². The zero-order valence-corrected chi connectivity index (χ0v) is 15.8. The summed E-state index contributed by atoms with van der Waals surface area (Å²) in [5.74, 6) is 0.737. The van der Waals surface area contributed by atoms with Crippen molar-refractivity contribution in [3.05, 3.63) is 59.7 Å². The van der Waals surface area contributed by atoms with E-state index in [4.69, 9.17) is 5.73 Å². The van der Waals surface area contributed by atoms with Gasteiger partial charge in [0.1, 0.15) is 5.41 Å². The number of rotatable bonds is 5. The maximum atomic E-state index is 10.1. The molecule has 0 bridgehead atoms. The molecule has 0 amide bonds. The number of benzene rings is 2. The fraction of sp³-hybridized carbons (Fsp3) is 0.435. The van der Waals surface area contributed by atoms with Gasteiger partial charge in [-0.25, -0.2) is 0 Å². The Morgan fingerprint density at radius 3 is 1.88 bits per heavy atom. The Kier molecular flexibility index (Phi) is 6.79. The first-order chi connectivity index (χ1) is 12.1. The van der Waals surface area contributed by atoms with E-state index in [1.54, 1.807) is 0 Å². The largest absolute Gasteiger partial charge is 0.331 e. The average Bonchev–Trinajstić information content (AvgIpc) is 2.90. The highest BCUT2D eigenvalue weighted by Gasteiger charge is 2.42. The van der Waals surface area contributed by atoms with E-state index in [1.165, 1.54) is 35.1 Å². The summed E-state index contributed by atoms with van der Waals surface area (Å²) in [6, 6.07) is 19.5. The summed E-state index contributed by atoms with van der Waals surface area (Å²) in [6.45, 7) is 7.18. The van der Waals surface area contributed by atoms with Crippen LogP contribution in [-0.2, 0) is 5.41 Å². The van der Waals surface area contributed by atoms with Crippen molar-refractivity contribution in [2.45, 2.75) is 51.9 Å². The molecule has 3 rings (SSSR count). The van der Waals surface area contributed by atoms with Gasteiger partial charge in [-0.15, -0.1) is 0 Å². The fourth-order valence-corrected chi connectivity index (χ4v) is 3.71. The van der Waals surface area contributed by atoms with Crippen LogP contribution in [0.5, 0.6) is 0 Å². The minimum atomic E-state index is -0.454. The predicted octanol–water partition coefficient (Wildman–Crippen LogP) is 5.66. The lowest BCUT2D eigenvalue weighted by atomic mass is 9.75. The summed E-state index contributed by atoms with van der Waals surface area (Å²) >= 11 is 0. The number of hydrogen-bond acceptors (Lipinski definition) is 2. The highest BCUT2D eigenvalue weighted by Crippen LogP contribution is 2.50. The van der Waals surface area contributed by atoms with Gasteiger partial charge in [0.15, 0.2) is 0 Å². The van der Waals surface area contributed by atoms with Gasteiger partial charge in [0.2, 0.25) is 0 Å². The van der Waals surface area contributed by atoms with Crippen molar-refractivity contribution in [2.24, 2.45) is 11.7 Å². The summed E-state index contributed by atoms with van der Waals surface area (Å²) in [5, 5.41) is 10.1. The molecule has 0 fully saturated rings. The van der Waals surface area contributed by atoms with Crippen LogP contribution < -0.4 is 5.73 Å². The van der Waals surface area contributed by atoms with Crippen LogP contribution in [0.2, 0.25) is 0 Å². The van der Waals surface area contributed by atoms with Crippen LogP contribution in [0.3, 0.4) is 0 Å². The van der Waals surface area contributed by atoms with Crippen LogP contribution in [-0.4, -0.2) is 6.54 Å². The van der Waals surface area contributed by atoms with Crippen molar-refractivity contribution in [1.82, 2.24) is 0 Å². The first-order valence-electron chi connectivity index (χ1n) is 9.41. The second kappa shape index (κ2) is 8.83. The van der Waals surface area contributed by atoms with E-state index in [9.17, 15) is 5.26 Å². The number of hydrogen-bond donors (Lipinski definition) is 1. The van der Waals surface area contributed by atoms with E-state index >= 15 is 0 Å². The van der Waals surface area contributed by atoms with Gasteiger partial charge in [0.25, 0.3) is 0 Å². The average molecular weight is 335 g/mol. The first kappa shape index (κ1) is 19.2. The molecule has 2 aromatic carbocycles. The van der Waals surface area contributed by atoms with E-state index in [0.717, 1.165) is 25.3 Å². The number of nitrogens with two attached hydrogens (primary N) is 1. The van der Waals surface area contributed by atoms with E-state index in [1.807, 2.05) is 6.92 Å². The molecular formula is C23H30N2. The molecule has 0 saturated heterocycles. The van der Waals surface area contributed by atoms with E-state index in [0.29, 0.717) is 0 Å². The van der Waals surface area contributed by atoms with Gasteiger partial charge in [-0.05, 0) is 41.1 Å².